The molecule has 0 radical (unpaired) electrons. The highest BCUT2D eigenvalue weighted by Gasteiger charge is 2.41. The molecule has 3 aromatic rings. The number of carbonyl (C=O) groups is 2. The number of anilines is 2. The Morgan fingerprint density at radius 2 is 2.02 bits per heavy atom. The Morgan fingerprint density at radius 1 is 1.20 bits per heavy atom. The summed E-state index contributed by atoms with van der Waals surface area (Å²) in [7, 11) is 3.06. The third-order valence-corrected chi connectivity index (χ3v) is 7.00. The molecule has 5 rings (SSSR count). The molecule has 2 unspecified atom stereocenters. The lowest BCUT2D eigenvalue weighted by atomic mass is 9.85. The quantitative estimate of drug-likeness (QED) is 0.338. The first-order valence-electron chi connectivity index (χ1n) is 12.8. The molecule has 0 spiro atoms. The summed E-state index contributed by atoms with van der Waals surface area (Å²) in [6.07, 6.45) is 8.00. The molecular weight excluding hydrogens is 512 g/mol. The number of nitrogen functional groups attached to an aromatic ring is 2. The van der Waals surface area contributed by atoms with E-state index in [1.165, 1.54) is 25.3 Å². The summed E-state index contributed by atoms with van der Waals surface area (Å²) in [5, 5.41) is 5.80. The van der Waals surface area contributed by atoms with Gasteiger partial charge in [0, 0.05) is 29.8 Å². The number of hydrogen-bond acceptors (Lipinski definition) is 10. The number of aromatic nitrogens is 2. The largest absolute Gasteiger partial charge is 0.493 e. The fourth-order valence-corrected chi connectivity index (χ4v) is 5.10. The van der Waals surface area contributed by atoms with E-state index in [1.807, 2.05) is 36.4 Å². The van der Waals surface area contributed by atoms with Gasteiger partial charge >= 0.3 is 5.97 Å². The van der Waals surface area contributed by atoms with Crippen molar-refractivity contribution in [2.24, 2.45) is 11.0 Å². The van der Waals surface area contributed by atoms with E-state index in [2.05, 4.69) is 15.1 Å². The van der Waals surface area contributed by atoms with E-state index in [1.54, 1.807) is 18.5 Å². The van der Waals surface area contributed by atoms with Crippen LogP contribution in [0.15, 0.2) is 53.8 Å². The second kappa shape index (κ2) is 11.4. The monoisotopic (exact) mass is 542 g/mol. The van der Waals surface area contributed by atoms with Crippen LogP contribution in [-0.2, 0) is 20.7 Å². The van der Waals surface area contributed by atoms with E-state index in [9.17, 15) is 9.59 Å². The van der Waals surface area contributed by atoms with Gasteiger partial charge in [-0.1, -0.05) is 24.3 Å². The molecule has 11 heteroatoms. The molecule has 3 heterocycles. The lowest BCUT2D eigenvalue weighted by molar-refractivity contribution is -0.157. The average Bonchev–Trinajstić information content (AvgIpc) is 2.96. The van der Waals surface area contributed by atoms with Gasteiger partial charge in [-0.25, -0.2) is 9.99 Å². The summed E-state index contributed by atoms with van der Waals surface area (Å²) >= 11 is 0. The Kier molecular flexibility index (Phi) is 7.63. The fraction of sp³-hybridized carbons (Fsp3) is 0.276. The molecule has 0 bridgehead atoms. The van der Waals surface area contributed by atoms with Gasteiger partial charge in [-0.15, -0.1) is 0 Å². The van der Waals surface area contributed by atoms with Crippen molar-refractivity contribution in [1.29, 1.82) is 0 Å². The number of nitrogens with zero attached hydrogens (tertiary/aromatic N) is 4. The van der Waals surface area contributed by atoms with Gasteiger partial charge in [-0.05, 0) is 47.7 Å². The maximum absolute atomic E-state index is 13.6. The Bertz CT molecular complexity index is 1500. The number of fused-ring (bicyclic) bond motifs is 1. The predicted molar refractivity (Wildman–Crippen MR) is 150 cm³/mol. The standard InChI is InChI=1S/C29H30N6O5/c1-38-23-14-17(13-20-15-32-29(31)34-27(20)30)12-18(26(23)39-2)9-10-24(36)35-25(22-8-5-11-40-28(22)37)21-7-4-3-6-19(21)16-33-35/h3-4,6-7,9-10,12,14-16,22,25H,5,8,11,13H2,1-2H3,(H4,30,31,32,34)/b10-9+. The van der Waals surface area contributed by atoms with Crippen LogP contribution in [0.2, 0.25) is 0 Å². The van der Waals surface area contributed by atoms with Crippen molar-refractivity contribution in [2.75, 3.05) is 32.3 Å². The molecular formula is C29H30N6O5. The molecule has 11 nitrogen and oxygen atoms in total. The number of cyclic esters (lactones) is 1. The molecule has 1 amide bonds. The smallest absolute Gasteiger partial charge is 0.311 e. The van der Waals surface area contributed by atoms with Gasteiger partial charge in [0.2, 0.25) is 5.95 Å². The number of amides is 1. The number of nitrogens with two attached hydrogens (primary N) is 2. The van der Waals surface area contributed by atoms with Crippen LogP contribution >= 0.6 is 0 Å². The van der Waals surface area contributed by atoms with Gasteiger partial charge in [0.05, 0.1) is 39.0 Å². The third-order valence-electron chi connectivity index (χ3n) is 7.00. The number of benzene rings is 2. The van der Waals surface area contributed by atoms with Crippen molar-refractivity contribution in [2.45, 2.75) is 25.3 Å². The zero-order valence-electron chi connectivity index (χ0n) is 22.2. The molecule has 2 aliphatic rings. The highest BCUT2D eigenvalue weighted by atomic mass is 16.5. The van der Waals surface area contributed by atoms with Crippen LogP contribution in [0.5, 0.6) is 11.5 Å². The minimum atomic E-state index is -0.581. The van der Waals surface area contributed by atoms with Crippen LogP contribution in [0.25, 0.3) is 6.08 Å². The van der Waals surface area contributed by atoms with Crippen molar-refractivity contribution in [3.05, 3.63) is 76.5 Å². The van der Waals surface area contributed by atoms with Crippen molar-refractivity contribution in [1.82, 2.24) is 15.0 Å². The van der Waals surface area contributed by atoms with Crippen LogP contribution in [-0.4, -0.2) is 53.9 Å². The lowest BCUT2D eigenvalue weighted by Gasteiger charge is -2.37. The summed E-state index contributed by atoms with van der Waals surface area (Å²) in [6, 6.07) is 10.7. The van der Waals surface area contributed by atoms with Crippen LogP contribution in [0.1, 0.15) is 46.7 Å². The van der Waals surface area contributed by atoms with Crippen LogP contribution in [0, 0.1) is 5.92 Å². The zero-order valence-corrected chi connectivity index (χ0v) is 22.2. The van der Waals surface area contributed by atoms with E-state index in [0.717, 1.165) is 23.1 Å². The first-order valence-corrected chi connectivity index (χ1v) is 12.8. The Balaban J connectivity index is 1.47. The van der Waals surface area contributed by atoms with E-state index in [0.29, 0.717) is 42.1 Å². The molecule has 206 valence electrons. The van der Waals surface area contributed by atoms with Crippen molar-refractivity contribution in [3.8, 4) is 11.5 Å². The van der Waals surface area contributed by atoms with Gasteiger partial charge < -0.3 is 25.7 Å². The minimum Gasteiger partial charge on any atom is -0.493 e. The second-order valence-electron chi connectivity index (χ2n) is 9.49. The maximum atomic E-state index is 13.6. The highest BCUT2D eigenvalue weighted by Crippen LogP contribution is 2.39. The van der Waals surface area contributed by atoms with E-state index in [-0.39, 0.29) is 17.7 Å². The second-order valence-corrected chi connectivity index (χ2v) is 9.49. The van der Waals surface area contributed by atoms with E-state index in [4.69, 9.17) is 25.7 Å². The maximum Gasteiger partial charge on any atom is 0.311 e. The topological polar surface area (TPSA) is 155 Å². The third kappa shape index (κ3) is 5.31. The molecule has 0 saturated carbocycles. The van der Waals surface area contributed by atoms with Gasteiger partial charge in [0.25, 0.3) is 5.91 Å². The van der Waals surface area contributed by atoms with Crippen molar-refractivity contribution in [3.63, 3.8) is 0 Å². The summed E-state index contributed by atoms with van der Waals surface area (Å²) in [5.41, 5.74) is 15.5. The number of rotatable bonds is 7. The molecule has 0 aliphatic carbocycles. The zero-order chi connectivity index (χ0) is 28.2. The number of carbonyl (C=O) groups excluding carboxylic acids is 2. The molecule has 40 heavy (non-hydrogen) atoms. The summed E-state index contributed by atoms with van der Waals surface area (Å²) < 4.78 is 16.5. The number of esters is 1. The lowest BCUT2D eigenvalue weighted by Crippen LogP contribution is -2.41. The molecule has 4 N–H and O–H groups in total. The normalized spacial score (nSPS) is 18.4. The fourth-order valence-electron chi connectivity index (χ4n) is 5.10. The van der Waals surface area contributed by atoms with E-state index >= 15 is 0 Å². The van der Waals surface area contributed by atoms with Crippen molar-refractivity contribution >= 4 is 35.9 Å². The van der Waals surface area contributed by atoms with Crippen LogP contribution in [0.4, 0.5) is 11.8 Å². The number of methoxy groups -OCH3 is 2. The first-order chi connectivity index (χ1) is 19.4. The molecule has 1 fully saturated rings. The first kappa shape index (κ1) is 26.7. The van der Waals surface area contributed by atoms with Gasteiger partial charge in [0.1, 0.15) is 5.82 Å². The highest BCUT2D eigenvalue weighted by molar-refractivity contribution is 5.95. The number of hydrogen-bond donors (Lipinski definition) is 2. The molecule has 2 aromatic carbocycles. The molecule has 2 atom stereocenters. The summed E-state index contributed by atoms with van der Waals surface area (Å²) in [5.74, 6) is 0.0806. The van der Waals surface area contributed by atoms with Gasteiger partial charge in [-0.3, -0.25) is 9.59 Å². The summed E-state index contributed by atoms with van der Waals surface area (Å²) in [4.78, 5) is 34.4. The average molecular weight is 543 g/mol. The van der Waals surface area contributed by atoms with E-state index < -0.39 is 17.9 Å². The molecule has 1 aromatic heterocycles. The molecule has 1 saturated heterocycles. The van der Waals surface area contributed by atoms with Gasteiger partial charge in [-0.2, -0.15) is 10.1 Å². The Morgan fingerprint density at radius 3 is 2.77 bits per heavy atom. The summed E-state index contributed by atoms with van der Waals surface area (Å²) in [6.45, 7) is 0.382. The van der Waals surface area contributed by atoms with Crippen LogP contribution < -0.4 is 20.9 Å². The predicted octanol–water partition coefficient (Wildman–Crippen LogP) is 3.13. The van der Waals surface area contributed by atoms with Gasteiger partial charge in [0.15, 0.2) is 11.5 Å². The number of hydrazone groups is 1. The number of ether oxygens (including phenoxy) is 3. The minimum absolute atomic E-state index is 0.0958. The molecule has 2 aliphatic heterocycles. The van der Waals surface area contributed by atoms with Crippen LogP contribution in [0.3, 0.4) is 0 Å². The Labute approximate surface area is 231 Å². The SMILES string of the molecule is COc1cc(Cc2cnc(N)nc2N)cc(/C=C/C(=O)N2N=Cc3ccccc3C2C2CCCOC2=O)c1OC. The Hall–Kier alpha value is -4.93. The van der Waals surface area contributed by atoms with Crippen molar-refractivity contribution < 1.29 is 23.8 Å².